The third-order valence-electron chi connectivity index (χ3n) is 4.48. The summed E-state index contributed by atoms with van der Waals surface area (Å²) in [5, 5.41) is 0. The van der Waals surface area contributed by atoms with Gasteiger partial charge >= 0.3 is 5.69 Å². The molecule has 2 heterocycles. The maximum atomic E-state index is 12.8. The molecule has 0 unspecified atom stereocenters. The quantitative estimate of drug-likeness (QED) is 0.586. The normalized spacial score (nSPS) is 11.3. The average Bonchev–Trinajstić information content (AvgIpc) is 3.03. The average molecular weight is 372 g/mol. The van der Waals surface area contributed by atoms with Crippen molar-refractivity contribution in [3.8, 4) is 5.75 Å². The molecule has 0 spiro atoms. The number of methoxy groups -OCH3 is 1. The molecule has 27 heavy (non-hydrogen) atoms. The first kappa shape index (κ1) is 18.9. The third kappa shape index (κ3) is 3.52. The summed E-state index contributed by atoms with van der Waals surface area (Å²) in [6, 6.07) is 7.63. The van der Waals surface area contributed by atoms with Gasteiger partial charge in [-0.15, -0.1) is 0 Å². The highest BCUT2D eigenvalue weighted by molar-refractivity contribution is 5.71. The van der Waals surface area contributed by atoms with E-state index in [9.17, 15) is 9.59 Å². The number of ether oxygens (including phenoxy) is 2. The van der Waals surface area contributed by atoms with Gasteiger partial charge in [0.15, 0.2) is 11.2 Å². The molecular weight excluding hydrogens is 348 g/mol. The Morgan fingerprint density at radius 2 is 1.93 bits per heavy atom. The molecule has 0 saturated carbocycles. The molecule has 0 amide bonds. The van der Waals surface area contributed by atoms with Crippen LogP contribution in [0.2, 0.25) is 0 Å². The molecule has 0 aliphatic rings. The van der Waals surface area contributed by atoms with Crippen LogP contribution in [0.3, 0.4) is 0 Å². The summed E-state index contributed by atoms with van der Waals surface area (Å²) in [6.07, 6.45) is 0.885. The van der Waals surface area contributed by atoms with Gasteiger partial charge in [-0.3, -0.25) is 13.9 Å². The van der Waals surface area contributed by atoms with Crippen molar-refractivity contribution in [2.75, 3.05) is 13.7 Å². The maximum Gasteiger partial charge on any atom is 0.332 e. The Bertz CT molecular complexity index is 1080. The van der Waals surface area contributed by atoms with Crippen molar-refractivity contribution in [2.24, 2.45) is 14.1 Å². The molecule has 0 N–H and O–H groups in total. The molecule has 1 aromatic carbocycles. The van der Waals surface area contributed by atoms with Crippen LogP contribution in [-0.2, 0) is 32.0 Å². The Morgan fingerprint density at radius 3 is 2.63 bits per heavy atom. The van der Waals surface area contributed by atoms with Gasteiger partial charge in [0.1, 0.15) is 18.2 Å². The molecule has 8 nitrogen and oxygen atoms in total. The van der Waals surface area contributed by atoms with E-state index in [1.807, 2.05) is 35.8 Å². The summed E-state index contributed by atoms with van der Waals surface area (Å²) in [6.45, 7) is 3.31. The Hall–Kier alpha value is -2.87. The zero-order valence-corrected chi connectivity index (χ0v) is 16.1. The van der Waals surface area contributed by atoms with Crippen LogP contribution in [0.15, 0.2) is 33.9 Å². The summed E-state index contributed by atoms with van der Waals surface area (Å²) >= 11 is 0. The van der Waals surface area contributed by atoms with Crippen LogP contribution in [-0.4, -0.2) is 32.4 Å². The van der Waals surface area contributed by atoms with E-state index in [0.717, 1.165) is 22.3 Å². The number of benzene rings is 1. The van der Waals surface area contributed by atoms with Crippen LogP contribution >= 0.6 is 0 Å². The molecule has 2 aromatic heterocycles. The van der Waals surface area contributed by atoms with Crippen LogP contribution in [0, 0.1) is 0 Å². The highest BCUT2D eigenvalue weighted by Crippen LogP contribution is 2.18. The lowest BCUT2D eigenvalue weighted by Gasteiger charge is -2.11. The lowest BCUT2D eigenvalue weighted by atomic mass is 10.2. The Morgan fingerprint density at radius 1 is 1.15 bits per heavy atom. The number of hydrogen-bond acceptors (Lipinski definition) is 5. The lowest BCUT2D eigenvalue weighted by molar-refractivity contribution is 0.114. The van der Waals surface area contributed by atoms with Gasteiger partial charge in [0.2, 0.25) is 0 Å². The van der Waals surface area contributed by atoms with E-state index < -0.39 is 5.69 Å². The smallest absolute Gasteiger partial charge is 0.332 e. The minimum Gasteiger partial charge on any atom is -0.497 e. The SMILES string of the molecule is CCCOCc1nc2c(c(=O)n(C)c(=O)n2C)n1Cc1cccc(OC)c1. The summed E-state index contributed by atoms with van der Waals surface area (Å²) < 4.78 is 15.3. The number of rotatable bonds is 7. The van der Waals surface area contributed by atoms with Gasteiger partial charge in [-0.25, -0.2) is 9.78 Å². The van der Waals surface area contributed by atoms with E-state index in [0.29, 0.717) is 30.1 Å². The van der Waals surface area contributed by atoms with Crippen molar-refractivity contribution in [2.45, 2.75) is 26.5 Å². The van der Waals surface area contributed by atoms with Crippen molar-refractivity contribution in [3.05, 3.63) is 56.5 Å². The van der Waals surface area contributed by atoms with Crippen molar-refractivity contribution >= 4 is 11.2 Å². The van der Waals surface area contributed by atoms with Crippen LogP contribution in [0.4, 0.5) is 0 Å². The van der Waals surface area contributed by atoms with Crippen LogP contribution in [0.25, 0.3) is 11.2 Å². The highest BCUT2D eigenvalue weighted by atomic mass is 16.5. The number of imidazole rings is 1. The molecule has 144 valence electrons. The molecule has 3 aromatic rings. The number of aryl methyl sites for hydroxylation is 1. The predicted molar refractivity (Wildman–Crippen MR) is 102 cm³/mol. The van der Waals surface area contributed by atoms with E-state index >= 15 is 0 Å². The molecule has 0 aliphatic carbocycles. The molecule has 0 fully saturated rings. The predicted octanol–water partition coefficient (Wildman–Crippen LogP) is 1.42. The third-order valence-corrected chi connectivity index (χ3v) is 4.48. The van der Waals surface area contributed by atoms with E-state index in [1.54, 1.807) is 14.2 Å². The van der Waals surface area contributed by atoms with Gasteiger partial charge in [-0.2, -0.15) is 0 Å². The minimum absolute atomic E-state index is 0.268. The van der Waals surface area contributed by atoms with Gasteiger partial charge in [-0.05, 0) is 24.1 Å². The molecule has 0 bridgehead atoms. The van der Waals surface area contributed by atoms with E-state index in [4.69, 9.17) is 9.47 Å². The van der Waals surface area contributed by atoms with Crippen LogP contribution in [0.1, 0.15) is 24.7 Å². The van der Waals surface area contributed by atoms with Crippen LogP contribution in [0.5, 0.6) is 5.75 Å². The second kappa shape index (κ2) is 7.79. The fourth-order valence-electron chi connectivity index (χ4n) is 3.03. The molecule has 3 rings (SSSR count). The Kier molecular flexibility index (Phi) is 5.46. The first-order valence-electron chi connectivity index (χ1n) is 8.83. The molecular formula is C19H24N4O4. The second-order valence-corrected chi connectivity index (χ2v) is 6.40. The van der Waals surface area contributed by atoms with Crippen LogP contribution < -0.4 is 16.0 Å². The molecule has 0 atom stereocenters. The van der Waals surface area contributed by atoms with Gasteiger partial charge in [0.25, 0.3) is 5.56 Å². The monoisotopic (exact) mass is 372 g/mol. The first-order valence-corrected chi connectivity index (χ1v) is 8.83. The van der Waals surface area contributed by atoms with Gasteiger partial charge in [-0.1, -0.05) is 19.1 Å². The van der Waals surface area contributed by atoms with Crippen molar-refractivity contribution in [1.29, 1.82) is 0 Å². The summed E-state index contributed by atoms with van der Waals surface area (Å²) in [5.74, 6) is 1.35. The van der Waals surface area contributed by atoms with E-state index in [2.05, 4.69) is 4.98 Å². The number of aromatic nitrogens is 4. The van der Waals surface area contributed by atoms with Gasteiger partial charge < -0.3 is 14.0 Å². The van der Waals surface area contributed by atoms with Gasteiger partial charge in [0.05, 0.1) is 7.11 Å². The van der Waals surface area contributed by atoms with Crippen molar-refractivity contribution in [3.63, 3.8) is 0 Å². The summed E-state index contributed by atoms with van der Waals surface area (Å²) in [5.41, 5.74) is 0.935. The minimum atomic E-state index is -0.403. The van der Waals surface area contributed by atoms with Gasteiger partial charge in [0, 0.05) is 27.2 Å². The zero-order valence-electron chi connectivity index (χ0n) is 16.1. The molecule has 0 saturated heterocycles. The largest absolute Gasteiger partial charge is 0.497 e. The Balaban J connectivity index is 2.18. The van der Waals surface area contributed by atoms with E-state index in [-0.39, 0.29) is 12.2 Å². The number of nitrogens with zero attached hydrogens (tertiary/aromatic N) is 4. The Labute approximate surface area is 156 Å². The summed E-state index contributed by atoms with van der Waals surface area (Å²) in [7, 11) is 4.70. The number of hydrogen-bond donors (Lipinski definition) is 0. The molecule has 0 radical (unpaired) electrons. The fourth-order valence-corrected chi connectivity index (χ4v) is 3.03. The van der Waals surface area contributed by atoms with Crippen molar-refractivity contribution in [1.82, 2.24) is 18.7 Å². The highest BCUT2D eigenvalue weighted by Gasteiger charge is 2.19. The molecule has 0 aliphatic heterocycles. The number of fused-ring (bicyclic) bond motifs is 1. The zero-order chi connectivity index (χ0) is 19.6. The van der Waals surface area contributed by atoms with E-state index in [1.165, 1.54) is 11.6 Å². The summed E-state index contributed by atoms with van der Waals surface area (Å²) in [4.78, 5) is 29.6. The first-order chi connectivity index (χ1) is 13.0. The maximum absolute atomic E-state index is 12.8. The van der Waals surface area contributed by atoms with Crippen molar-refractivity contribution < 1.29 is 9.47 Å². The lowest BCUT2D eigenvalue weighted by Crippen LogP contribution is -2.37. The fraction of sp³-hybridized carbons (Fsp3) is 0.421. The topological polar surface area (TPSA) is 80.3 Å². The molecule has 8 heteroatoms. The standard InChI is InChI=1S/C19H24N4O4/c1-5-9-27-12-15-20-17-16(18(24)22(3)19(25)21(17)2)23(15)11-13-7-6-8-14(10-13)26-4/h6-8,10H,5,9,11-12H2,1-4H3. The second-order valence-electron chi connectivity index (χ2n) is 6.40.